The van der Waals surface area contributed by atoms with Gasteiger partial charge < -0.3 is 29.0 Å². The van der Waals surface area contributed by atoms with E-state index in [4.69, 9.17) is 18.7 Å². The number of fused-ring (bicyclic) bond motifs is 2. The standard InChI is InChI=1S/C28H32FN3O5/c29-20-3-7-23-25(15-20)37-31-27(23)19-10-13-32(14-11-19)12-9-18-1-4-21(5-2-18)30-28(33)36-22-6-8-24-26(16-22)35-17-34-24/h3,6-8,15-16,18-19,21H,1-2,4-5,9-14,17H2,(H,30,33)/t18-,21-. The number of hydrogen-bond donors (Lipinski definition) is 1. The number of piperidine rings is 1. The maximum atomic E-state index is 13.4. The molecule has 0 unspecified atom stereocenters. The summed E-state index contributed by atoms with van der Waals surface area (Å²) in [7, 11) is 0. The Morgan fingerprint density at radius 3 is 2.68 bits per heavy atom. The average molecular weight is 510 g/mol. The highest BCUT2D eigenvalue weighted by molar-refractivity contribution is 5.80. The van der Waals surface area contributed by atoms with Crippen molar-refractivity contribution in [3.63, 3.8) is 0 Å². The lowest BCUT2D eigenvalue weighted by molar-refractivity contribution is 0.172. The number of aromatic nitrogens is 1. The van der Waals surface area contributed by atoms with Crippen molar-refractivity contribution in [2.75, 3.05) is 26.4 Å². The largest absolute Gasteiger partial charge is 0.454 e. The molecule has 8 nitrogen and oxygen atoms in total. The van der Waals surface area contributed by atoms with Crippen LogP contribution in [-0.2, 0) is 0 Å². The molecule has 196 valence electrons. The molecule has 2 aromatic carbocycles. The summed E-state index contributed by atoms with van der Waals surface area (Å²) in [6, 6.07) is 9.96. The van der Waals surface area contributed by atoms with Crippen LogP contribution in [0, 0.1) is 11.7 Å². The second kappa shape index (κ2) is 10.6. The minimum absolute atomic E-state index is 0.152. The van der Waals surface area contributed by atoms with Gasteiger partial charge in [0.25, 0.3) is 0 Å². The Bertz CT molecular complexity index is 1250. The van der Waals surface area contributed by atoms with Gasteiger partial charge in [0.2, 0.25) is 6.79 Å². The predicted octanol–water partition coefficient (Wildman–Crippen LogP) is 5.61. The molecule has 1 aromatic heterocycles. The van der Waals surface area contributed by atoms with E-state index in [0.717, 1.165) is 69.2 Å². The van der Waals surface area contributed by atoms with Gasteiger partial charge in [-0.15, -0.1) is 0 Å². The van der Waals surface area contributed by atoms with Crippen molar-refractivity contribution in [1.82, 2.24) is 15.4 Å². The van der Waals surface area contributed by atoms with Crippen LogP contribution in [-0.4, -0.2) is 48.6 Å². The molecule has 2 fully saturated rings. The van der Waals surface area contributed by atoms with Crippen LogP contribution in [0.25, 0.3) is 11.0 Å². The number of carbonyl (C=O) groups is 1. The zero-order chi connectivity index (χ0) is 25.2. The fourth-order valence-electron chi connectivity index (χ4n) is 5.86. The maximum absolute atomic E-state index is 13.4. The zero-order valence-corrected chi connectivity index (χ0v) is 20.8. The number of benzene rings is 2. The molecule has 1 N–H and O–H groups in total. The van der Waals surface area contributed by atoms with Crippen molar-refractivity contribution in [2.24, 2.45) is 5.92 Å². The molecule has 1 saturated heterocycles. The number of halogens is 1. The summed E-state index contributed by atoms with van der Waals surface area (Å²) in [6.45, 7) is 3.38. The molecule has 0 atom stereocenters. The minimum atomic E-state index is -0.421. The third-order valence-corrected chi connectivity index (χ3v) is 8.01. The molecule has 2 aliphatic heterocycles. The molecule has 6 rings (SSSR count). The molecule has 1 saturated carbocycles. The van der Waals surface area contributed by atoms with Crippen molar-refractivity contribution < 1.29 is 27.9 Å². The van der Waals surface area contributed by atoms with Gasteiger partial charge in [-0.05, 0) is 94.8 Å². The summed E-state index contributed by atoms with van der Waals surface area (Å²) in [5, 5.41) is 8.21. The lowest BCUT2D eigenvalue weighted by Crippen LogP contribution is -2.40. The maximum Gasteiger partial charge on any atom is 0.412 e. The highest BCUT2D eigenvalue weighted by Gasteiger charge is 2.27. The van der Waals surface area contributed by atoms with Crippen LogP contribution < -0.4 is 19.5 Å². The topological polar surface area (TPSA) is 86.1 Å². The summed E-state index contributed by atoms with van der Waals surface area (Å²) in [6.07, 6.45) is 7.04. The molecular weight excluding hydrogens is 477 g/mol. The van der Waals surface area contributed by atoms with Crippen molar-refractivity contribution in [1.29, 1.82) is 0 Å². The number of likely N-dealkylation sites (tertiary alicyclic amines) is 1. The van der Waals surface area contributed by atoms with E-state index in [1.807, 2.05) is 0 Å². The molecule has 37 heavy (non-hydrogen) atoms. The van der Waals surface area contributed by atoms with Gasteiger partial charge in [0.1, 0.15) is 11.6 Å². The van der Waals surface area contributed by atoms with E-state index in [0.29, 0.717) is 34.7 Å². The van der Waals surface area contributed by atoms with E-state index < -0.39 is 6.09 Å². The number of amides is 1. The van der Waals surface area contributed by atoms with Gasteiger partial charge in [-0.2, -0.15) is 0 Å². The number of nitrogens with zero attached hydrogens (tertiary/aromatic N) is 2. The highest BCUT2D eigenvalue weighted by atomic mass is 19.1. The molecule has 0 bridgehead atoms. The normalized spacial score (nSPS) is 22.3. The van der Waals surface area contributed by atoms with Gasteiger partial charge >= 0.3 is 6.09 Å². The van der Waals surface area contributed by atoms with Crippen LogP contribution in [0.4, 0.5) is 9.18 Å². The van der Waals surface area contributed by atoms with Gasteiger partial charge in [-0.1, -0.05) is 5.16 Å². The zero-order valence-electron chi connectivity index (χ0n) is 20.8. The van der Waals surface area contributed by atoms with Gasteiger partial charge in [-0.3, -0.25) is 0 Å². The summed E-state index contributed by atoms with van der Waals surface area (Å²) in [5.41, 5.74) is 1.50. The minimum Gasteiger partial charge on any atom is -0.454 e. The fraction of sp³-hybridized carbons (Fsp3) is 0.500. The fourth-order valence-corrected chi connectivity index (χ4v) is 5.86. The van der Waals surface area contributed by atoms with Crippen LogP contribution in [0.2, 0.25) is 0 Å². The monoisotopic (exact) mass is 509 g/mol. The van der Waals surface area contributed by atoms with Crippen LogP contribution in [0.1, 0.15) is 56.6 Å². The molecule has 3 aliphatic rings. The van der Waals surface area contributed by atoms with Crippen LogP contribution >= 0.6 is 0 Å². The van der Waals surface area contributed by atoms with Crippen LogP contribution in [0.5, 0.6) is 17.2 Å². The molecule has 0 radical (unpaired) electrons. The Labute approximate surface area is 215 Å². The first-order valence-electron chi connectivity index (χ1n) is 13.3. The van der Waals surface area contributed by atoms with Crippen molar-refractivity contribution in [2.45, 2.75) is 56.9 Å². The highest BCUT2D eigenvalue weighted by Crippen LogP contribution is 2.36. The third kappa shape index (κ3) is 5.51. The Morgan fingerprint density at radius 1 is 1.03 bits per heavy atom. The Balaban J connectivity index is 0.900. The van der Waals surface area contributed by atoms with Crippen molar-refractivity contribution >= 4 is 17.1 Å². The quantitative estimate of drug-likeness (QED) is 0.462. The summed E-state index contributed by atoms with van der Waals surface area (Å²) < 4.78 is 34.9. The van der Waals surface area contributed by atoms with E-state index in [9.17, 15) is 9.18 Å². The molecule has 1 amide bonds. The Morgan fingerprint density at radius 2 is 1.84 bits per heavy atom. The molecule has 1 aliphatic carbocycles. The summed E-state index contributed by atoms with van der Waals surface area (Å²) in [4.78, 5) is 14.9. The molecule has 9 heteroatoms. The van der Waals surface area contributed by atoms with E-state index >= 15 is 0 Å². The first-order chi connectivity index (χ1) is 18.1. The van der Waals surface area contributed by atoms with Crippen LogP contribution in [0.3, 0.4) is 0 Å². The summed E-state index contributed by atoms with van der Waals surface area (Å²) >= 11 is 0. The number of hydrogen-bond acceptors (Lipinski definition) is 7. The van der Waals surface area contributed by atoms with Crippen LogP contribution in [0.15, 0.2) is 40.9 Å². The second-order valence-electron chi connectivity index (χ2n) is 10.4. The number of nitrogens with one attached hydrogen (secondary N) is 1. The van der Waals surface area contributed by atoms with Gasteiger partial charge in [0.05, 0.1) is 5.69 Å². The first kappa shape index (κ1) is 24.0. The van der Waals surface area contributed by atoms with Crippen molar-refractivity contribution in [3.8, 4) is 17.2 Å². The van der Waals surface area contributed by atoms with Gasteiger partial charge in [0, 0.05) is 29.5 Å². The third-order valence-electron chi connectivity index (χ3n) is 8.01. The SMILES string of the molecule is O=C(N[C@H]1CC[C@H](CCN2CCC(c3noc4cc(F)ccc34)CC2)CC1)Oc1ccc2c(c1)OCO2. The van der Waals surface area contributed by atoms with Gasteiger partial charge in [-0.25, -0.2) is 9.18 Å². The summed E-state index contributed by atoms with van der Waals surface area (Å²) in [5.74, 6) is 2.47. The lowest BCUT2D eigenvalue weighted by atomic mass is 9.84. The molecule has 3 aromatic rings. The predicted molar refractivity (Wildman–Crippen MR) is 134 cm³/mol. The smallest absolute Gasteiger partial charge is 0.412 e. The van der Waals surface area contributed by atoms with E-state index in [2.05, 4.69) is 15.4 Å². The number of rotatable bonds is 6. The van der Waals surface area contributed by atoms with E-state index in [-0.39, 0.29) is 18.7 Å². The van der Waals surface area contributed by atoms with Gasteiger partial charge in [0.15, 0.2) is 17.1 Å². The Kier molecular flexibility index (Phi) is 6.87. The van der Waals surface area contributed by atoms with Crippen molar-refractivity contribution in [3.05, 3.63) is 47.9 Å². The number of ether oxygens (including phenoxy) is 3. The lowest BCUT2D eigenvalue weighted by Gasteiger charge is -2.34. The molecule has 0 spiro atoms. The Hall–Kier alpha value is -3.33. The number of carbonyl (C=O) groups excluding carboxylic acids is 1. The second-order valence-corrected chi connectivity index (χ2v) is 10.4. The molecular formula is C28H32FN3O5. The van der Waals surface area contributed by atoms with E-state index in [1.54, 1.807) is 24.3 Å². The first-order valence-corrected chi connectivity index (χ1v) is 13.3. The molecule has 3 heterocycles. The van der Waals surface area contributed by atoms with E-state index in [1.165, 1.54) is 18.6 Å². The average Bonchev–Trinajstić information content (AvgIpc) is 3.55.